The van der Waals surface area contributed by atoms with Crippen molar-refractivity contribution in [2.45, 2.75) is 167 Å². The lowest BCUT2D eigenvalue weighted by Crippen LogP contribution is -2.02. The molecular weight excluding hydrogens is 689 g/mol. The molecule has 0 fully saturated rings. The molecule has 5 aromatic rings. The fraction of sp³-hybridized carbons (Fsp3) is 0.560. The first-order chi connectivity index (χ1) is 27.9. The summed E-state index contributed by atoms with van der Waals surface area (Å²) in [4.78, 5) is 17.1. The maximum atomic E-state index is 6.35. The molecule has 0 aliphatic carbocycles. The van der Waals surface area contributed by atoms with E-state index in [0.29, 0.717) is 13.2 Å². The van der Waals surface area contributed by atoms with E-state index in [0.717, 1.165) is 50.3 Å². The highest BCUT2D eigenvalue weighted by Gasteiger charge is 2.14. The van der Waals surface area contributed by atoms with Gasteiger partial charge in [0.1, 0.15) is 0 Å². The first-order valence-electron chi connectivity index (χ1n) is 22.5. The molecule has 0 radical (unpaired) electrons. The summed E-state index contributed by atoms with van der Waals surface area (Å²) in [5.74, 6) is 0. The smallest absolute Gasteiger partial charge is 0.0728 e. The van der Waals surface area contributed by atoms with Crippen molar-refractivity contribution in [1.82, 2.24) is 19.9 Å². The molecule has 0 aliphatic heterocycles. The summed E-state index contributed by atoms with van der Waals surface area (Å²) in [7, 11) is 0. The van der Waals surface area contributed by atoms with E-state index in [1.807, 2.05) is 12.4 Å². The van der Waals surface area contributed by atoms with Gasteiger partial charge < -0.3 is 9.47 Å². The van der Waals surface area contributed by atoms with Crippen molar-refractivity contribution in [1.29, 1.82) is 0 Å². The predicted octanol–water partition coefficient (Wildman–Crippen LogP) is 13.7. The van der Waals surface area contributed by atoms with Crippen LogP contribution in [0.1, 0.15) is 164 Å². The standard InChI is InChI=1S/C50H70N4O2/c1(3-7-11-15-19-27-43-39-51-33-35-53-43)5-9-13-17-25-37-55-41-49-45-29-21-23-31-47(45)50(48-32-24-22-30-46(48)49)42-56-38-26-18-14-10-6-2-4-8-12-16-20-28-44-40-52-34-36-54-44/h21-24,29-36,39-40H,1-20,25-28,37-38,41-42H2. The van der Waals surface area contributed by atoms with Crippen LogP contribution in [0.15, 0.2) is 85.7 Å². The Morgan fingerprint density at radius 3 is 0.946 bits per heavy atom. The zero-order chi connectivity index (χ0) is 38.6. The number of hydrogen-bond donors (Lipinski definition) is 0. The van der Waals surface area contributed by atoms with Crippen LogP contribution in [0.2, 0.25) is 0 Å². The quantitative estimate of drug-likeness (QED) is 0.0321. The average molecular weight is 759 g/mol. The molecule has 56 heavy (non-hydrogen) atoms. The van der Waals surface area contributed by atoms with Gasteiger partial charge in [0.25, 0.3) is 0 Å². The van der Waals surface area contributed by atoms with Gasteiger partial charge in [0.2, 0.25) is 0 Å². The third kappa shape index (κ3) is 16.4. The second kappa shape index (κ2) is 27.8. The Bertz CT molecular complexity index is 1550. The Morgan fingerprint density at radius 1 is 0.339 bits per heavy atom. The lowest BCUT2D eigenvalue weighted by Gasteiger charge is -2.17. The van der Waals surface area contributed by atoms with Gasteiger partial charge in [0.15, 0.2) is 0 Å². The van der Waals surface area contributed by atoms with Crippen LogP contribution in [-0.4, -0.2) is 33.1 Å². The summed E-state index contributed by atoms with van der Waals surface area (Å²) >= 11 is 0. The maximum Gasteiger partial charge on any atom is 0.0728 e. The Labute approximate surface area is 338 Å². The zero-order valence-electron chi connectivity index (χ0n) is 34.5. The van der Waals surface area contributed by atoms with Crippen LogP contribution in [0.5, 0.6) is 0 Å². The molecule has 6 nitrogen and oxygen atoms in total. The van der Waals surface area contributed by atoms with Crippen LogP contribution in [0.4, 0.5) is 0 Å². The van der Waals surface area contributed by atoms with E-state index in [1.165, 1.54) is 161 Å². The van der Waals surface area contributed by atoms with Gasteiger partial charge in [-0.25, -0.2) is 0 Å². The van der Waals surface area contributed by atoms with E-state index in [4.69, 9.17) is 9.47 Å². The minimum absolute atomic E-state index is 0.658. The Balaban J connectivity index is 0.894. The van der Waals surface area contributed by atoms with Crippen molar-refractivity contribution in [2.24, 2.45) is 0 Å². The Morgan fingerprint density at radius 2 is 0.643 bits per heavy atom. The number of unbranched alkanes of at least 4 members (excludes halogenated alkanes) is 20. The van der Waals surface area contributed by atoms with Crippen molar-refractivity contribution in [3.63, 3.8) is 0 Å². The van der Waals surface area contributed by atoms with E-state index < -0.39 is 0 Å². The summed E-state index contributed by atoms with van der Waals surface area (Å²) in [5, 5.41) is 5.21. The molecule has 0 unspecified atom stereocenters. The molecule has 0 spiro atoms. The second-order valence-corrected chi connectivity index (χ2v) is 15.8. The zero-order valence-corrected chi connectivity index (χ0v) is 34.5. The van der Waals surface area contributed by atoms with E-state index >= 15 is 0 Å². The Kier molecular flexibility index (Phi) is 21.5. The highest BCUT2D eigenvalue weighted by molar-refractivity contribution is 6.05. The normalized spacial score (nSPS) is 11.6. The lowest BCUT2D eigenvalue weighted by atomic mass is 9.92. The second-order valence-electron chi connectivity index (χ2n) is 15.8. The molecular formula is C50H70N4O2. The third-order valence-electron chi connectivity index (χ3n) is 11.3. The number of fused-ring (bicyclic) bond motifs is 2. The van der Waals surface area contributed by atoms with Crippen molar-refractivity contribution >= 4 is 21.5 Å². The molecule has 0 atom stereocenters. The molecule has 2 aromatic heterocycles. The topological polar surface area (TPSA) is 70.0 Å². The van der Waals surface area contributed by atoms with Crippen LogP contribution in [0, 0.1) is 0 Å². The minimum atomic E-state index is 0.658. The number of ether oxygens (including phenoxy) is 2. The van der Waals surface area contributed by atoms with Crippen LogP contribution < -0.4 is 0 Å². The number of hydrogen-bond acceptors (Lipinski definition) is 6. The summed E-state index contributed by atoms with van der Waals surface area (Å²) in [5.41, 5.74) is 4.87. The molecule has 6 heteroatoms. The van der Waals surface area contributed by atoms with Crippen LogP contribution >= 0.6 is 0 Å². The van der Waals surface area contributed by atoms with Gasteiger partial charge in [-0.1, -0.05) is 164 Å². The van der Waals surface area contributed by atoms with Crippen LogP contribution in [-0.2, 0) is 35.5 Å². The number of benzene rings is 3. The lowest BCUT2D eigenvalue weighted by molar-refractivity contribution is 0.117. The van der Waals surface area contributed by atoms with Gasteiger partial charge in [-0.15, -0.1) is 0 Å². The van der Waals surface area contributed by atoms with E-state index in [1.54, 1.807) is 24.8 Å². The fourth-order valence-electron chi connectivity index (χ4n) is 8.09. The fourth-order valence-corrected chi connectivity index (χ4v) is 8.09. The monoisotopic (exact) mass is 759 g/mol. The summed E-state index contributed by atoms with van der Waals surface area (Å²) < 4.78 is 12.7. The number of nitrogens with zero attached hydrogens (tertiary/aromatic N) is 4. The molecule has 0 aliphatic rings. The molecule has 5 rings (SSSR count). The molecule has 0 N–H and O–H groups in total. The molecule has 3 aromatic carbocycles. The van der Waals surface area contributed by atoms with Gasteiger partial charge >= 0.3 is 0 Å². The predicted molar refractivity (Wildman–Crippen MR) is 234 cm³/mol. The van der Waals surface area contributed by atoms with Crippen LogP contribution in [0.3, 0.4) is 0 Å². The molecule has 0 bridgehead atoms. The third-order valence-corrected chi connectivity index (χ3v) is 11.3. The van der Waals surface area contributed by atoms with Gasteiger partial charge in [0.05, 0.1) is 24.6 Å². The molecule has 302 valence electrons. The summed E-state index contributed by atoms with van der Waals surface area (Å²) in [6.07, 6.45) is 41.8. The molecule has 2 heterocycles. The largest absolute Gasteiger partial charge is 0.377 e. The first-order valence-corrected chi connectivity index (χ1v) is 22.5. The van der Waals surface area contributed by atoms with Crippen molar-refractivity contribution in [3.8, 4) is 0 Å². The van der Waals surface area contributed by atoms with E-state index in [2.05, 4.69) is 68.5 Å². The van der Waals surface area contributed by atoms with E-state index in [9.17, 15) is 0 Å². The van der Waals surface area contributed by atoms with Gasteiger partial charge in [-0.2, -0.15) is 0 Å². The minimum Gasteiger partial charge on any atom is -0.377 e. The number of rotatable bonds is 32. The van der Waals surface area contributed by atoms with Crippen molar-refractivity contribution < 1.29 is 9.47 Å². The average Bonchev–Trinajstić information content (AvgIpc) is 3.24. The van der Waals surface area contributed by atoms with Gasteiger partial charge in [-0.3, -0.25) is 19.9 Å². The maximum absolute atomic E-state index is 6.35. The Hall–Kier alpha value is -3.74. The van der Waals surface area contributed by atoms with Gasteiger partial charge in [-0.05, 0) is 71.2 Å². The van der Waals surface area contributed by atoms with Gasteiger partial charge in [0, 0.05) is 50.4 Å². The molecule has 0 saturated carbocycles. The van der Waals surface area contributed by atoms with Crippen molar-refractivity contribution in [2.75, 3.05) is 13.2 Å². The SMILES string of the molecule is c1ccc2c(COCCCCCCCCCCCCCc3cnccn3)c3ccccc3c(COCCCCCCCCCCCCCc3cnccn3)c2c1. The van der Waals surface area contributed by atoms with Crippen molar-refractivity contribution in [3.05, 3.63) is 108 Å². The number of aromatic nitrogens is 4. The highest BCUT2D eigenvalue weighted by Crippen LogP contribution is 2.34. The van der Waals surface area contributed by atoms with E-state index in [-0.39, 0.29) is 0 Å². The number of aryl methyl sites for hydroxylation is 2. The summed E-state index contributed by atoms with van der Waals surface area (Å²) in [6, 6.07) is 17.7. The first kappa shape index (κ1) is 43.4. The summed E-state index contributed by atoms with van der Waals surface area (Å²) in [6.45, 7) is 2.97. The highest BCUT2D eigenvalue weighted by atomic mass is 16.5. The molecule has 0 amide bonds. The molecule has 0 saturated heterocycles. The van der Waals surface area contributed by atoms with Crippen LogP contribution in [0.25, 0.3) is 21.5 Å².